The Labute approximate surface area is 103 Å². The molecule has 0 aliphatic heterocycles. The van der Waals surface area contributed by atoms with Crippen LogP contribution in [0.15, 0.2) is 24.3 Å². The first-order valence-corrected chi connectivity index (χ1v) is 7.07. The fourth-order valence-corrected chi connectivity index (χ4v) is 2.24. The zero-order chi connectivity index (χ0) is 11.8. The molecule has 1 aromatic carbocycles. The maximum Gasteiger partial charge on any atom is 0.118 e. The maximum absolute atomic E-state index is 5.16. The minimum Gasteiger partial charge on any atom is -0.497 e. The predicted octanol–water partition coefficient (Wildman–Crippen LogP) is 3.10. The highest BCUT2D eigenvalue weighted by Gasteiger charge is 2.09. The normalized spacial score (nSPS) is 12.4. The Balaban J connectivity index is 2.67. The molecule has 1 unspecified atom stereocenters. The average molecular weight is 239 g/mol. The van der Waals surface area contributed by atoms with Crippen LogP contribution < -0.4 is 10.1 Å². The quantitative estimate of drug-likeness (QED) is 0.790. The summed E-state index contributed by atoms with van der Waals surface area (Å²) in [6, 6.07) is 8.78. The molecule has 0 aliphatic carbocycles. The van der Waals surface area contributed by atoms with Crippen LogP contribution in [0, 0.1) is 0 Å². The molecule has 1 N–H and O–H groups in total. The third kappa shape index (κ3) is 4.06. The van der Waals surface area contributed by atoms with Crippen molar-refractivity contribution in [2.45, 2.75) is 19.4 Å². The van der Waals surface area contributed by atoms with Gasteiger partial charge in [-0.25, -0.2) is 0 Å². The summed E-state index contributed by atoms with van der Waals surface area (Å²) in [5.74, 6) is 2.02. The molecule has 0 fully saturated rings. The van der Waals surface area contributed by atoms with Crippen LogP contribution in [0.2, 0.25) is 0 Å². The van der Waals surface area contributed by atoms with E-state index in [2.05, 4.69) is 30.6 Å². The molecule has 0 radical (unpaired) electrons. The Morgan fingerprint density at radius 2 is 2.00 bits per heavy atom. The third-order valence-corrected chi connectivity index (χ3v) is 3.16. The summed E-state index contributed by atoms with van der Waals surface area (Å²) in [6.07, 6.45) is 3.31. The van der Waals surface area contributed by atoms with Gasteiger partial charge in [-0.1, -0.05) is 19.1 Å². The van der Waals surface area contributed by atoms with Gasteiger partial charge in [-0.05, 0) is 36.9 Å². The molecular weight excluding hydrogens is 218 g/mol. The molecule has 1 rings (SSSR count). The van der Waals surface area contributed by atoms with Crippen molar-refractivity contribution in [3.63, 3.8) is 0 Å². The summed E-state index contributed by atoms with van der Waals surface area (Å²) in [5.41, 5.74) is 1.34. The van der Waals surface area contributed by atoms with Crippen molar-refractivity contribution in [2.75, 3.05) is 25.7 Å². The Kier molecular flexibility index (Phi) is 6.34. The molecule has 0 amide bonds. The lowest BCUT2D eigenvalue weighted by atomic mass is 10.1. The first-order valence-electron chi connectivity index (χ1n) is 5.68. The number of hydrogen-bond acceptors (Lipinski definition) is 3. The van der Waals surface area contributed by atoms with Crippen LogP contribution in [0.3, 0.4) is 0 Å². The number of hydrogen-bond donors (Lipinski definition) is 1. The van der Waals surface area contributed by atoms with E-state index in [4.69, 9.17) is 4.74 Å². The second-order valence-corrected chi connectivity index (χ2v) is 4.65. The molecule has 0 spiro atoms. The second kappa shape index (κ2) is 7.58. The van der Waals surface area contributed by atoms with Gasteiger partial charge in [-0.15, -0.1) is 0 Å². The Hall–Kier alpha value is -0.670. The highest BCUT2D eigenvalue weighted by molar-refractivity contribution is 7.98. The minimum absolute atomic E-state index is 0.445. The number of nitrogens with one attached hydrogen (secondary N) is 1. The highest BCUT2D eigenvalue weighted by atomic mass is 32.2. The molecule has 0 aliphatic rings. The maximum atomic E-state index is 5.16. The van der Waals surface area contributed by atoms with Crippen LogP contribution in [-0.2, 0) is 0 Å². The smallest absolute Gasteiger partial charge is 0.118 e. The van der Waals surface area contributed by atoms with E-state index in [-0.39, 0.29) is 0 Å². The summed E-state index contributed by atoms with van der Waals surface area (Å²) >= 11 is 1.87. The van der Waals surface area contributed by atoms with E-state index < -0.39 is 0 Å². The zero-order valence-corrected chi connectivity index (χ0v) is 11.1. The van der Waals surface area contributed by atoms with Gasteiger partial charge in [-0.3, -0.25) is 0 Å². The summed E-state index contributed by atoms with van der Waals surface area (Å²) in [4.78, 5) is 0. The largest absolute Gasteiger partial charge is 0.497 e. The molecule has 2 nitrogen and oxygen atoms in total. The second-order valence-electron chi connectivity index (χ2n) is 3.74. The Bertz CT molecular complexity index is 286. The van der Waals surface area contributed by atoms with Crippen molar-refractivity contribution in [2.24, 2.45) is 0 Å². The molecule has 0 saturated heterocycles. The highest BCUT2D eigenvalue weighted by Crippen LogP contribution is 2.20. The number of rotatable bonds is 7. The SMILES string of the molecule is CCCNC(CSC)c1ccc(OC)cc1. The molecule has 16 heavy (non-hydrogen) atoms. The van der Waals surface area contributed by atoms with Crippen LogP contribution in [-0.4, -0.2) is 25.7 Å². The van der Waals surface area contributed by atoms with Crippen LogP contribution in [0.1, 0.15) is 24.9 Å². The van der Waals surface area contributed by atoms with Crippen molar-refractivity contribution in [1.82, 2.24) is 5.32 Å². The summed E-state index contributed by atoms with van der Waals surface area (Å²) in [6.45, 7) is 3.26. The van der Waals surface area contributed by atoms with Crippen molar-refractivity contribution >= 4 is 11.8 Å². The van der Waals surface area contributed by atoms with E-state index in [1.165, 1.54) is 12.0 Å². The molecule has 0 bridgehead atoms. The summed E-state index contributed by atoms with van der Waals surface area (Å²) in [5, 5.41) is 3.56. The molecule has 1 aromatic rings. The van der Waals surface area contributed by atoms with Crippen molar-refractivity contribution in [3.8, 4) is 5.75 Å². The van der Waals surface area contributed by atoms with Crippen LogP contribution in [0.4, 0.5) is 0 Å². The third-order valence-electron chi connectivity index (χ3n) is 2.49. The number of ether oxygens (including phenoxy) is 1. The molecule has 1 atom stereocenters. The van der Waals surface area contributed by atoms with Crippen molar-refractivity contribution < 1.29 is 4.74 Å². The number of benzene rings is 1. The predicted molar refractivity (Wildman–Crippen MR) is 72.4 cm³/mol. The fraction of sp³-hybridized carbons (Fsp3) is 0.538. The van der Waals surface area contributed by atoms with E-state index >= 15 is 0 Å². The first-order chi connectivity index (χ1) is 7.81. The topological polar surface area (TPSA) is 21.3 Å². The van der Waals surface area contributed by atoms with Crippen LogP contribution in [0.25, 0.3) is 0 Å². The Morgan fingerprint density at radius 3 is 2.50 bits per heavy atom. The van der Waals surface area contributed by atoms with E-state index in [9.17, 15) is 0 Å². The lowest BCUT2D eigenvalue weighted by Crippen LogP contribution is -2.23. The lowest BCUT2D eigenvalue weighted by Gasteiger charge is -2.18. The molecule has 0 saturated carbocycles. The monoisotopic (exact) mass is 239 g/mol. The first kappa shape index (κ1) is 13.4. The van der Waals surface area contributed by atoms with Crippen LogP contribution >= 0.6 is 11.8 Å². The molecular formula is C13H21NOS. The van der Waals surface area contributed by atoms with Crippen molar-refractivity contribution in [3.05, 3.63) is 29.8 Å². The van der Waals surface area contributed by atoms with Crippen molar-refractivity contribution in [1.29, 1.82) is 0 Å². The van der Waals surface area contributed by atoms with Gasteiger partial charge in [0.25, 0.3) is 0 Å². The zero-order valence-electron chi connectivity index (χ0n) is 10.3. The minimum atomic E-state index is 0.445. The summed E-state index contributed by atoms with van der Waals surface area (Å²) < 4.78 is 5.16. The van der Waals surface area contributed by atoms with E-state index in [0.29, 0.717) is 6.04 Å². The van der Waals surface area contributed by atoms with E-state index in [0.717, 1.165) is 18.0 Å². The van der Waals surface area contributed by atoms with Gasteiger partial charge in [0.1, 0.15) is 5.75 Å². The van der Waals surface area contributed by atoms with Crippen LogP contribution in [0.5, 0.6) is 5.75 Å². The van der Waals surface area contributed by atoms with Gasteiger partial charge < -0.3 is 10.1 Å². The van der Waals surface area contributed by atoms with Gasteiger partial charge in [0.2, 0.25) is 0 Å². The standard InChI is InChI=1S/C13H21NOS/c1-4-9-14-13(10-16-3)11-5-7-12(15-2)8-6-11/h5-8,13-14H,4,9-10H2,1-3H3. The van der Waals surface area contributed by atoms with Gasteiger partial charge in [-0.2, -0.15) is 11.8 Å². The summed E-state index contributed by atoms with van der Waals surface area (Å²) in [7, 11) is 1.70. The van der Waals surface area contributed by atoms with Gasteiger partial charge in [0.15, 0.2) is 0 Å². The molecule has 0 heterocycles. The Morgan fingerprint density at radius 1 is 1.31 bits per heavy atom. The number of methoxy groups -OCH3 is 1. The fourth-order valence-electron chi connectivity index (χ4n) is 1.59. The lowest BCUT2D eigenvalue weighted by molar-refractivity contribution is 0.414. The van der Waals surface area contributed by atoms with Gasteiger partial charge >= 0.3 is 0 Å². The van der Waals surface area contributed by atoms with Gasteiger partial charge in [0.05, 0.1) is 7.11 Å². The number of thioether (sulfide) groups is 1. The average Bonchev–Trinajstić information content (AvgIpc) is 2.35. The molecule has 3 heteroatoms. The van der Waals surface area contributed by atoms with E-state index in [1.54, 1.807) is 7.11 Å². The van der Waals surface area contributed by atoms with E-state index in [1.807, 2.05) is 23.9 Å². The molecule has 0 aromatic heterocycles. The van der Waals surface area contributed by atoms with Gasteiger partial charge in [0, 0.05) is 11.8 Å². The molecule has 90 valence electrons.